The third-order valence-electron chi connectivity index (χ3n) is 1.80. The molecule has 1 aromatic rings. The molecule has 0 unspecified atom stereocenters. The van der Waals surface area contributed by atoms with Crippen LogP contribution < -0.4 is 10.6 Å². The summed E-state index contributed by atoms with van der Waals surface area (Å²) in [6.07, 6.45) is 3.26. The van der Waals surface area contributed by atoms with Crippen molar-refractivity contribution < 1.29 is 9.53 Å². The SMILES string of the molecule is COCCNCC(=O)NCc1cnc[nH]1. The number of amides is 1. The van der Waals surface area contributed by atoms with Crippen molar-refractivity contribution in [3.8, 4) is 0 Å². The van der Waals surface area contributed by atoms with E-state index < -0.39 is 0 Å². The summed E-state index contributed by atoms with van der Waals surface area (Å²) in [5.74, 6) is -0.0410. The van der Waals surface area contributed by atoms with Gasteiger partial charge in [0.05, 0.1) is 31.7 Å². The van der Waals surface area contributed by atoms with Crippen molar-refractivity contribution in [3.05, 3.63) is 18.2 Å². The number of ether oxygens (including phenoxy) is 1. The van der Waals surface area contributed by atoms with E-state index in [4.69, 9.17) is 4.74 Å². The fourth-order valence-corrected chi connectivity index (χ4v) is 1.01. The lowest BCUT2D eigenvalue weighted by Crippen LogP contribution is -2.34. The number of aromatic amines is 1. The number of nitrogens with one attached hydrogen (secondary N) is 3. The molecule has 1 rings (SSSR count). The number of carbonyl (C=O) groups is 1. The highest BCUT2D eigenvalue weighted by Gasteiger charge is 2.00. The molecule has 1 heterocycles. The van der Waals surface area contributed by atoms with Crippen LogP contribution in [0.15, 0.2) is 12.5 Å². The quantitative estimate of drug-likeness (QED) is 0.520. The number of rotatable bonds is 7. The number of H-pyrrole nitrogens is 1. The van der Waals surface area contributed by atoms with Crippen LogP contribution in [0.3, 0.4) is 0 Å². The van der Waals surface area contributed by atoms with E-state index in [9.17, 15) is 4.79 Å². The van der Waals surface area contributed by atoms with Gasteiger partial charge in [-0.3, -0.25) is 4.79 Å². The first kappa shape index (κ1) is 11.7. The van der Waals surface area contributed by atoms with Crippen molar-refractivity contribution in [1.29, 1.82) is 0 Å². The zero-order valence-electron chi connectivity index (χ0n) is 8.75. The number of carbonyl (C=O) groups excluding carboxylic acids is 1. The molecular weight excluding hydrogens is 196 g/mol. The van der Waals surface area contributed by atoms with Crippen molar-refractivity contribution in [2.75, 3.05) is 26.8 Å². The molecule has 0 aliphatic rings. The minimum Gasteiger partial charge on any atom is -0.383 e. The highest BCUT2D eigenvalue weighted by Crippen LogP contribution is 1.88. The summed E-state index contributed by atoms with van der Waals surface area (Å²) in [5, 5.41) is 5.70. The average Bonchev–Trinajstić information content (AvgIpc) is 2.74. The number of imidazole rings is 1. The van der Waals surface area contributed by atoms with Crippen LogP contribution in [0.2, 0.25) is 0 Å². The van der Waals surface area contributed by atoms with Crippen LogP contribution in [0.4, 0.5) is 0 Å². The topological polar surface area (TPSA) is 79.0 Å². The molecule has 0 bridgehead atoms. The standard InChI is InChI=1S/C9H16N4O2/c1-15-3-2-10-6-9(14)12-5-8-4-11-7-13-8/h4,7,10H,2-3,5-6H2,1H3,(H,11,13)(H,12,14). The van der Waals surface area contributed by atoms with Gasteiger partial charge in [-0.15, -0.1) is 0 Å². The zero-order chi connectivity index (χ0) is 10.9. The summed E-state index contributed by atoms with van der Waals surface area (Å²) < 4.78 is 4.84. The van der Waals surface area contributed by atoms with Crippen LogP contribution in [0.5, 0.6) is 0 Å². The number of hydrogen-bond acceptors (Lipinski definition) is 4. The van der Waals surface area contributed by atoms with Gasteiger partial charge in [0.1, 0.15) is 0 Å². The second-order valence-electron chi connectivity index (χ2n) is 3.02. The van der Waals surface area contributed by atoms with Crippen LogP contribution in [0, 0.1) is 0 Å². The van der Waals surface area contributed by atoms with Gasteiger partial charge in [0.25, 0.3) is 0 Å². The first-order valence-corrected chi connectivity index (χ1v) is 4.76. The monoisotopic (exact) mass is 212 g/mol. The molecule has 0 fully saturated rings. The molecule has 6 nitrogen and oxygen atoms in total. The van der Waals surface area contributed by atoms with Crippen LogP contribution >= 0.6 is 0 Å². The van der Waals surface area contributed by atoms with E-state index in [0.29, 0.717) is 26.2 Å². The van der Waals surface area contributed by atoms with Gasteiger partial charge in [0.2, 0.25) is 5.91 Å². The normalized spacial score (nSPS) is 10.2. The Bertz CT molecular complexity index is 274. The molecule has 15 heavy (non-hydrogen) atoms. The van der Waals surface area contributed by atoms with Crippen LogP contribution in [-0.4, -0.2) is 42.7 Å². The summed E-state index contributed by atoms with van der Waals surface area (Å²) in [6.45, 7) is 2.06. The Labute approximate surface area is 88.4 Å². The van der Waals surface area contributed by atoms with E-state index in [1.807, 2.05) is 0 Å². The number of hydrogen-bond donors (Lipinski definition) is 3. The summed E-state index contributed by atoms with van der Waals surface area (Å²) in [5.41, 5.74) is 0.889. The Morgan fingerprint density at radius 3 is 3.20 bits per heavy atom. The van der Waals surface area contributed by atoms with Crippen molar-refractivity contribution in [2.24, 2.45) is 0 Å². The molecule has 1 aromatic heterocycles. The highest BCUT2D eigenvalue weighted by atomic mass is 16.5. The molecule has 0 radical (unpaired) electrons. The second-order valence-corrected chi connectivity index (χ2v) is 3.02. The maximum Gasteiger partial charge on any atom is 0.234 e. The third-order valence-corrected chi connectivity index (χ3v) is 1.80. The first-order valence-electron chi connectivity index (χ1n) is 4.76. The van der Waals surface area contributed by atoms with Gasteiger partial charge >= 0.3 is 0 Å². The van der Waals surface area contributed by atoms with Crippen molar-refractivity contribution in [1.82, 2.24) is 20.6 Å². The molecule has 0 spiro atoms. The lowest BCUT2D eigenvalue weighted by Gasteiger charge is -2.04. The molecule has 0 atom stereocenters. The summed E-state index contributed by atoms with van der Waals surface area (Å²) in [6, 6.07) is 0. The Hall–Kier alpha value is -1.40. The molecule has 3 N–H and O–H groups in total. The predicted octanol–water partition coefficient (Wildman–Crippen LogP) is -0.738. The fourth-order valence-electron chi connectivity index (χ4n) is 1.01. The number of aromatic nitrogens is 2. The summed E-state index contributed by atoms with van der Waals surface area (Å²) >= 11 is 0. The Morgan fingerprint density at radius 2 is 2.53 bits per heavy atom. The van der Waals surface area contributed by atoms with E-state index in [0.717, 1.165) is 5.69 Å². The molecular formula is C9H16N4O2. The van der Waals surface area contributed by atoms with Crippen molar-refractivity contribution in [3.63, 3.8) is 0 Å². The summed E-state index contributed by atoms with van der Waals surface area (Å²) in [4.78, 5) is 18.0. The molecule has 6 heteroatoms. The van der Waals surface area contributed by atoms with E-state index >= 15 is 0 Å². The van der Waals surface area contributed by atoms with Gasteiger partial charge in [-0.05, 0) is 0 Å². The van der Waals surface area contributed by atoms with Crippen molar-refractivity contribution >= 4 is 5.91 Å². The molecule has 0 aromatic carbocycles. The van der Waals surface area contributed by atoms with Gasteiger partial charge in [0, 0.05) is 19.9 Å². The Morgan fingerprint density at radius 1 is 1.67 bits per heavy atom. The van der Waals surface area contributed by atoms with Gasteiger partial charge in [-0.1, -0.05) is 0 Å². The minimum absolute atomic E-state index is 0.0410. The zero-order valence-corrected chi connectivity index (χ0v) is 8.75. The molecule has 84 valence electrons. The molecule has 0 aliphatic carbocycles. The molecule has 1 amide bonds. The highest BCUT2D eigenvalue weighted by molar-refractivity contribution is 5.77. The van der Waals surface area contributed by atoms with Crippen LogP contribution in [0.1, 0.15) is 5.69 Å². The van der Waals surface area contributed by atoms with E-state index in [1.165, 1.54) is 0 Å². The lowest BCUT2D eigenvalue weighted by molar-refractivity contribution is -0.120. The van der Waals surface area contributed by atoms with Crippen LogP contribution in [0.25, 0.3) is 0 Å². The van der Waals surface area contributed by atoms with Gasteiger partial charge in [0.15, 0.2) is 0 Å². The fraction of sp³-hybridized carbons (Fsp3) is 0.556. The molecule has 0 aliphatic heterocycles. The minimum atomic E-state index is -0.0410. The molecule has 0 saturated carbocycles. The van der Waals surface area contributed by atoms with Gasteiger partial charge < -0.3 is 20.4 Å². The molecule has 0 saturated heterocycles. The maximum absolute atomic E-state index is 11.3. The summed E-state index contributed by atoms with van der Waals surface area (Å²) in [7, 11) is 1.62. The largest absolute Gasteiger partial charge is 0.383 e. The third kappa shape index (κ3) is 5.14. The first-order chi connectivity index (χ1) is 7.33. The Kier molecular flexibility index (Phi) is 5.42. The van der Waals surface area contributed by atoms with E-state index in [2.05, 4.69) is 20.6 Å². The van der Waals surface area contributed by atoms with Crippen molar-refractivity contribution in [2.45, 2.75) is 6.54 Å². The van der Waals surface area contributed by atoms with E-state index in [1.54, 1.807) is 19.6 Å². The number of methoxy groups -OCH3 is 1. The average molecular weight is 212 g/mol. The maximum atomic E-state index is 11.3. The van der Waals surface area contributed by atoms with Gasteiger partial charge in [-0.2, -0.15) is 0 Å². The number of nitrogens with zero attached hydrogens (tertiary/aromatic N) is 1. The smallest absolute Gasteiger partial charge is 0.234 e. The predicted molar refractivity (Wildman–Crippen MR) is 55.2 cm³/mol. The lowest BCUT2D eigenvalue weighted by atomic mass is 10.4. The van der Waals surface area contributed by atoms with E-state index in [-0.39, 0.29) is 5.91 Å². The second kappa shape index (κ2) is 6.97. The van der Waals surface area contributed by atoms with Crippen LogP contribution in [-0.2, 0) is 16.1 Å². The Balaban J connectivity index is 2.04. The van der Waals surface area contributed by atoms with Gasteiger partial charge in [-0.25, -0.2) is 4.98 Å².